The molecule has 0 saturated heterocycles. The Bertz CT molecular complexity index is 1140. The van der Waals surface area contributed by atoms with E-state index in [1.165, 1.54) is 17.3 Å². The molecule has 0 aliphatic heterocycles. The van der Waals surface area contributed by atoms with Crippen LogP contribution in [-0.4, -0.2) is 35.1 Å². The summed E-state index contributed by atoms with van der Waals surface area (Å²) in [7, 11) is 0. The molecule has 1 atom stereocenters. The number of halogens is 2. The molecule has 190 valence electrons. The highest BCUT2D eigenvalue weighted by Gasteiger charge is 2.30. The fraction of sp³-hybridized carbons (Fsp3) is 0.310. The number of carbonyl (C=O) groups is 2. The van der Waals surface area contributed by atoms with Crippen LogP contribution in [0, 0.1) is 6.92 Å². The zero-order valence-corrected chi connectivity index (χ0v) is 23.0. The summed E-state index contributed by atoms with van der Waals surface area (Å²) in [6, 6.07) is 22.5. The average Bonchev–Trinajstić information content (AvgIpc) is 2.88. The third-order valence-corrected chi connectivity index (χ3v) is 7.56. The van der Waals surface area contributed by atoms with Crippen molar-refractivity contribution < 1.29 is 9.59 Å². The van der Waals surface area contributed by atoms with Crippen molar-refractivity contribution in [1.82, 2.24) is 10.2 Å². The third kappa shape index (κ3) is 8.58. The predicted octanol–water partition coefficient (Wildman–Crippen LogP) is 6.95. The molecule has 3 aromatic carbocycles. The molecule has 0 spiro atoms. The van der Waals surface area contributed by atoms with Crippen molar-refractivity contribution in [3.8, 4) is 0 Å². The van der Waals surface area contributed by atoms with Crippen molar-refractivity contribution in [1.29, 1.82) is 0 Å². The third-order valence-electron chi connectivity index (χ3n) is 5.82. The normalized spacial score (nSPS) is 11.7. The van der Waals surface area contributed by atoms with E-state index in [1.807, 2.05) is 67.6 Å². The summed E-state index contributed by atoms with van der Waals surface area (Å²) < 4.78 is 0. The van der Waals surface area contributed by atoms with Gasteiger partial charge in [0.2, 0.25) is 11.8 Å². The summed E-state index contributed by atoms with van der Waals surface area (Å²) in [4.78, 5) is 29.8. The number of carbonyl (C=O) groups excluding carboxylic acids is 2. The Balaban J connectivity index is 1.89. The maximum Gasteiger partial charge on any atom is 0.243 e. The summed E-state index contributed by atoms with van der Waals surface area (Å²) in [6.07, 6.45) is 2.28. The molecule has 3 aromatic rings. The van der Waals surface area contributed by atoms with Gasteiger partial charge in [-0.25, -0.2) is 0 Å². The highest BCUT2D eigenvalue weighted by Crippen LogP contribution is 2.25. The van der Waals surface area contributed by atoms with Gasteiger partial charge in [0.15, 0.2) is 0 Å². The molecule has 3 rings (SSSR count). The summed E-state index contributed by atoms with van der Waals surface area (Å²) in [5, 5.41) is 3.91. The molecule has 0 aromatic heterocycles. The van der Waals surface area contributed by atoms with E-state index in [4.69, 9.17) is 23.2 Å². The van der Waals surface area contributed by atoms with Crippen LogP contribution in [0.3, 0.4) is 0 Å². The lowest BCUT2D eigenvalue weighted by atomic mass is 10.0. The molecule has 0 aliphatic carbocycles. The second-order valence-electron chi connectivity index (χ2n) is 8.72. The lowest BCUT2D eigenvalue weighted by molar-refractivity contribution is -0.139. The van der Waals surface area contributed by atoms with Gasteiger partial charge < -0.3 is 10.2 Å². The first-order valence-electron chi connectivity index (χ1n) is 12.1. The topological polar surface area (TPSA) is 49.4 Å². The van der Waals surface area contributed by atoms with Gasteiger partial charge in [0.25, 0.3) is 0 Å². The standard InChI is InChI=1S/C29H32Cl2N2O2S/c1-3-4-16-32-29(35)27(18-22-8-6-5-7-9-22)33(19-23-12-15-25(30)26(31)17-23)28(34)20-36-24-13-10-21(2)11-14-24/h5-15,17,27H,3-4,16,18-20H2,1-2H3,(H,32,35)/t27-/m0/s1. The van der Waals surface area contributed by atoms with E-state index < -0.39 is 6.04 Å². The number of nitrogens with one attached hydrogen (secondary N) is 1. The number of nitrogens with zero attached hydrogens (tertiary/aromatic N) is 1. The molecule has 2 amide bonds. The van der Waals surface area contributed by atoms with Gasteiger partial charge >= 0.3 is 0 Å². The van der Waals surface area contributed by atoms with Gasteiger partial charge in [-0.05, 0) is 48.7 Å². The number of unbranched alkanes of at least 4 members (excludes halogenated alkanes) is 1. The second-order valence-corrected chi connectivity index (χ2v) is 10.6. The minimum Gasteiger partial charge on any atom is -0.354 e. The fourth-order valence-corrected chi connectivity index (χ4v) is 4.86. The van der Waals surface area contributed by atoms with Crippen molar-refractivity contribution in [2.24, 2.45) is 0 Å². The van der Waals surface area contributed by atoms with Gasteiger partial charge in [0.1, 0.15) is 6.04 Å². The van der Waals surface area contributed by atoms with Gasteiger partial charge in [-0.15, -0.1) is 11.8 Å². The minimum absolute atomic E-state index is 0.113. The first-order valence-corrected chi connectivity index (χ1v) is 13.9. The number of aryl methyl sites for hydroxylation is 1. The first kappa shape index (κ1) is 28.1. The van der Waals surface area contributed by atoms with E-state index in [9.17, 15) is 9.59 Å². The predicted molar refractivity (Wildman–Crippen MR) is 151 cm³/mol. The van der Waals surface area contributed by atoms with E-state index in [0.717, 1.165) is 28.9 Å². The van der Waals surface area contributed by atoms with Gasteiger partial charge in [-0.3, -0.25) is 9.59 Å². The molecule has 0 bridgehead atoms. The van der Waals surface area contributed by atoms with Crippen molar-refractivity contribution in [3.63, 3.8) is 0 Å². The SMILES string of the molecule is CCCCNC(=O)[C@H](Cc1ccccc1)N(Cc1ccc(Cl)c(Cl)c1)C(=O)CSc1ccc(C)cc1. The molecule has 0 aliphatic rings. The number of hydrogen-bond donors (Lipinski definition) is 1. The van der Waals surface area contributed by atoms with Crippen LogP contribution in [0.25, 0.3) is 0 Å². The Morgan fingerprint density at radius 2 is 1.67 bits per heavy atom. The lowest BCUT2D eigenvalue weighted by Gasteiger charge is -2.31. The summed E-state index contributed by atoms with van der Waals surface area (Å²) in [6.45, 7) is 4.94. The quantitative estimate of drug-likeness (QED) is 0.199. The summed E-state index contributed by atoms with van der Waals surface area (Å²) in [5.74, 6) is -0.0444. The fourth-order valence-electron chi connectivity index (χ4n) is 3.76. The molecule has 0 unspecified atom stereocenters. The van der Waals surface area contributed by atoms with Gasteiger partial charge in [0, 0.05) is 24.4 Å². The second kappa shape index (κ2) is 14.3. The van der Waals surface area contributed by atoms with Gasteiger partial charge in [-0.2, -0.15) is 0 Å². The Morgan fingerprint density at radius 3 is 2.33 bits per heavy atom. The zero-order chi connectivity index (χ0) is 25.9. The maximum absolute atomic E-state index is 13.7. The van der Waals surface area contributed by atoms with E-state index in [-0.39, 0.29) is 24.1 Å². The van der Waals surface area contributed by atoms with Crippen molar-refractivity contribution in [2.75, 3.05) is 12.3 Å². The number of hydrogen-bond acceptors (Lipinski definition) is 3. The van der Waals surface area contributed by atoms with Crippen molar-refractivity contribution in [3.05, 3.63) is 99.5 Å². The van der Waals surface area contributed by atoms with Crippen LogP contribution in [0.4, 0.5) is 0 Å². The Kier molecular flexibility index (Phi) is 11.2. The van der Waals surface area contributed by atoms with E-state index in [1.54, 1.807) is 17.0 Å². The van der Waals surface area contributed by atoms with E-state index in [2.05, 4.69) is 12.2 Å². The van der Waals surface area contributed by atoms with E-state index >= 15 is 0 Å². The molecule has 0 fully saturated rings. The minimum atomic E-state index is -0.662. The summed E-state index contributed by atoms with van der Waals surface area (Å²) >= 11 is 13.9. The van der Waals surface area contributed by atoms with Crippen LogP contribution in [0.15, 0.2) is 77.7 Å². The Morgan fingerprint density at radius 1 is 0.944 bits per heavy atom. The van der Waals surface area contributed by atoms with Crippen LogP contribution < -0.4 is 5.32 Å². The molecule has 4 nitrogen and oxygen atoms in total. The smallest absolute Gasteiger partial charge is 0.243 e. The maximum atomic E-state index is 13.7. The molecule has 0 saturated carbocycles. The van der Waals surface area contributed by atoms with Crippen LogP contribution in [-0.2, 0) is 22.6 Å². The van der Waals surface area contributed by atoms with Crippen molar-refractivity contribution in [2.45, 2.75) is 50.6 Å². The van der Waals surface area contributed by atoms with Gasteiger partial charge in [-0.1, -0.05) is 90.6 Å². The lowest BCUT2D eigenvalue weighted by Crippen LogP contribution is -2.51. The Labute approximate surface area is 228 Å². The molecular formula is C29H32Cl2N2O2S. The largest absolute Gasteiger partial charge is 0.354 e. The number of amides is 2. The molecular weight excluding hydrogens is 511 g/mol. The van der Waals surface area contributed by atoms with Crippen LogP contribution in [0.5, 0.6) is 0 Å². The molecule has 0 heterocycles. The molecule has 1 N–H and O–H groups in total. The van der Waals surface area contributed by atoms with Crippen LogP contribution in [0.1, 0.15) is 36.5 Å². The number of benzene rings is 3. The zero-order valence-electron chi connectivity index (χ0n) is 20.7. The van der Waals surface area contributed by atoms with Crippen LogP contribution in [0.2, 0.25) is 10.0 Å². The Hall–Kier alpha value is -2.47. The monoisotopic (exact) mass is 542 g/mol. The molecule has 0 radical (unpaired) electrons. The number of thioether (sulfide) groups is 1. The molecule has 7 heteroatoms. The average molecular weight is 544 g/mol. The molecule has 36 heavy (non-hydrogen) atoms. The van der Waals surface area contributed by atoms with Gasteiger partial charge in [0.05, 0.1) is 15.8 Å². The highest BCUT2D eigenvalue weighted by atomic mass is 35.5. The summed E-state index contributed by atoms with van der Waals surface area (Å²) in [5.41, 5.74) is 2.97. The first-order chi connectivity index (χ1) is 17.4. The van der Waals surface area contributed by atoms with Crippen molar-refractivity contribution >= 4 is 46.8 Å². The van der Waals surface area contributed by atoms with Crippen LogP contribution >= 0.6 is 35.0 Å². The van der Waals surface area contributed by atoms with E-state index in [0.29, 0.717) is 23.0 Å². The highest BCUT2D eigenvalue weighted by molar-refractivity contribution is 8.00. The number of rotatable bonds is 12.